The highest BCUT2D eigenvalue weighted by Gasteiger charge is 2.36. The van der Waals surface area contributed by atoms with E-state index in [1.165, 1.54) is 12.1 Å². The van der Waals surface area contributed by atoms with E-state index in [1.54, 1.807) is 4.90 Å². The fraction of sp³-hybridized carbons (Fsp3) is 0.600. The van der Waals surface area contributed by atoms with Gasteiger partial charge in [0, 0.05) is 31.4 Å². The predicted octanol–water partition coefficient (Wildman–Crippen LogP) is 1.55. The summed E-state index contributed by atoms with van der Waals surface area (Å²) in [5, 5.41) is 5.98. The molecule has 2 radical (unpaired) electrons. The highest BCUT2D eigenvalue weighted by Crippen LogP contribution is 2.20. The molecular formula is C20H24ClF4N3O5Si. The maximum atomic E-state index is 13.4. The lowest BCUT2D eigenvalue weighted by Gasteiger charge is -2.40. The van der Waals surface area contributed by atoms with Gasteiger partial charge in [0.2, 0.25) is 5.91 Å². The Hall–Kier alpha value is -1.93. The molecule has 1 aromatic carbocycles. The molecule has 0 unspecified atom stereocenters. The van der Waals surface area contributed by atoms with Crippen LogP contribution < -0.4 is 15.4 Å². The van der Waals surface area contributed by atoms with Crippen LogP contribution in [-0.4, -0.2) is 89.9 Å². The summed E-state index contributed by atoms with van der Waals surface area (Å²) in [6, 6.07) is 4.23. The molecule has 8 nitrogen and oxygen atoms in total. The molecule has 188 valence electrons. The van der Waals surface area contributed by atoms with Gasteiger partial charge in [0.15, 0.2) is 6.61 Å². The highest BCUT2D eigenvalue weighted by atomic mass is 35.5. The van der Waals surface area contributed by atoms with Crippen LogP contribution in [0.25, 0.3) is 0 Å². The molecule has 3 rings (SSSR count). The third-order valence-electron chi connectivity index (χ3n) is 5.15. The monoisotopic (exact) mass is 525 g/mol. The van der Waals surface area contributed by atoms with Crippen molar-refractivity contribution >= 4 is 32.9 Å². The smallest absolute Gasteiger partial charge is 0.484 e. The van der Waals surface area contributed by atoms with Gasteiger partial charge in [-0.1, -0.05) is 17.6 Å². The third kappa shape index (κ3) is 8.38. The molecular weight excluding hydrogens is 502 g/mol. The highest BCUT2D eigenvalue weighted by molar-refractivity contribution is 6.38. The summed E-state index contributed by atoms with van der Waals surface area (Å²) in [5.41, 5.74) is -0.169. The van der Waals surface area contributed by atoms with Crippen molar-refractivity contribution in [3.8, 4) is 5.75 Å². The van der Waals surface area contributed by atoms with Crippen molar-refractivity contribution in [1.82, 2.24) is 15.5 Å². The van der Waals surface area contributed by atoms with Gasteiger partial charge >= 0.3 is 6.36 Å². The maximum absolute atomic E-state index is 13.4. The number of nitrogens with zero attached hydrogens (tertiary/aromatic N) is 1. The van der Waals surface area contributed by atoms with E-state index in [4.69, 9.17) is 21.1 Å². The van der Waals surface area contributed by atoms with Crippen molar-refractivity contribution in [2.24, 2.45) is 0 Å². The molecule has 2 aliphatic rings. The Labute approximate surface area is 201 Å². The van der Waals surface area contributed by atoms with Crippen LogP contribution in [0.1, 0.15) is 6.42 Å². The molecule has 2 heterocycles. The molecule has 0 spiro atoms. The van der Waals surface area contributed by atoms with Crippen LogP contribution in [0.2, 0.25) is 11.1 Å². The third-order valence-corrected chi connectivity index (χ3v) is 6.87. The number of halogens is 5. The lowest BCUT2D eigenvalue weighted by Crippen LogP contribution is -2.60. The maximum Gasteiger partial charge on any atom is 0.522 e. The Morgan fingerprint density at radius 1 is 1.26 bits per heavy atom. The predicted molar refractivity (Wildman–Crippen MR) is 114 cm³/mol. The first-order valence-electron chi connectivity index (χ1n) is 10.6. The molecule has 2 aliphatic heterocycles. The molecule has 2 atom stereocenters. The number of nitrogens with one attached hydrogen (secondary N) is 2. The topological polar surface area (TPSA) is 89.1 Å². The number of ether oxygens (including phenoxy) is 3. The first-order valence-corrected chi connectivity index (χ1v) is 12.2. The molecule has 2 amide bonds. The Bertz CT molecular complexity index is 860. The molecule has 0 bridgehead atoms. The average Bonchev–Trinajstić information content (AvgIpc) is 2.97. The Kier molecular flexibility index (Phi) is 9.53. The van der Waals surface area contributed by atoms with E-state index >= 15 is 0 Å². The van der Waals surface area contributed by atoms with Gasteiger partial charge in [-0.3, -0.25) is 14.3 Å². The quantitative estimate of drug-likeness (QED) is 0.289. The van der Waals surface area contributed by atoms with E-state index in [0.29, 0.717) is 35.6 Å². The molecule has 2 fully saturated rings. The number of carbonyl (C=O) groups excluding carboxylic acids is 2. The normalized spacial score (nSPS) is 21.5. The van der Waals surface area contributed by atoms with E-state index in [-0.39, 0.29) is 47.6 Å². The minimum atomic E-state index is -4.68. The van der Waals surface area contributed by atoms with Crippen molar-refractivity contribution in [1.29, 1.82) is 0 Å². The zero-order chi connectivity index (χ0) is 24.7. The Morgan fingerprint density at radius 3 is 2.74 bits per heavy atom. The van der Waals surface area contributed by atoms with Crippen molar-refractivity contribution < 1.29 is 41.4 Å². The van der Waals surface area contributed by atoms with Crippen molar-refractivity contribution in [3.63, 3.8) is 0 Å². The number of likely N-dealkylation sites (tertiary alicyclic amines) is 1. The molecule has 0 saturated carbocycles. The largest absolute Gasteiger partial charge is 0.522 e. The second-order valence-corrected chi connectivity index (χ2v) is 9.73. The summed E-state index contributed by atoms with van der Waals surface area (Å²) >= 11 is 5.61. The number of hydrogen-bond donors (Lipinski definition) is 2. The average molecular weight is 526 g/mol. The van der Waals surface area contributed by atoms with Crippen LogP contribution in [0, 0.1) is 5.82 Å². The zero-order valence-electron chi connectivity index (χ0n) is 18.0. The van der Waals surface area contributed by atoms with E-state index in [9.17, 15) is 27.2 Å². The fourth-order valence-corrected chi connectivity index (χ4v) is 4.86. The second kappa shape index (κ2) is 12.2. The Morgan fingerprint density at radius 2 is 2.03 bits per heavy atom. The summed E-state index contributed by atoms with van der Waals surface area (Å²) in [4.78, 5) is 26.4. The molecule has 34 heavy (non-hydrogen) atoms. The summed E-state index contributed by atoms with van der Waals surface area (Å²) < 4.78 is 63.4. The number of carbonyl (C=O) groups is 2. The number of amides is 2. The van der Waals surface area contributed by atoms with Crippen molar-refractivity contribution in [2.45, 2.75) is 36.6 Å². The van der Waals surface area contributed by atoms with Crippen LogP contribution in [0.4, 0.5) is 17.6 Å². The molecule has 0 aliphatic carbocycles. The number of hydrogen-bond acceptors (Lipinski definition) is 6. The zero-order valence-corrected chi connectivity index (χ0v) is 19.8. The SMILES string of the molecule is O=C(COc1ccc(Cl)c(F)c1)N[C@@H]1CN[C@@H](C(=O)N2CC(OCCOC(F)(F)F)C2)CC[Si]1. The van der Waals surface area contributed by atoms with Gasteiger partial charge in [-0.2, -0.15) is 0 Å². The lowest BCUT2D eigenvalue weighted by molar-refractivity contribution is -0.328. The minimum absolute atomic E-state index is 0.0385. The number of rotatable bonds is 9. The summed E-state index contributed by atoms with van der Waals surface area (Å²) in [7, 11) is 0.398. The van der Waals surface area contributed by atoms with Gasteiger partial charge in [-0.15, -0.1) is 13.2 Å². The van der Waals surface area contributed by atoms with Gasteiger partial charge in [-0.05, 0) is 18.6 Å². The van der Waals surface area contributed by atoms with Crippen LogP contribution in [0.5, 0.6) is 5.75 Å². The van der Waals surface area contributed by atoms with Gasteiger partial charge in [-0.25, -0.2) is 4.39 Å². The van der Waals surface area contributed by atoms with Gasteiger partial charge in [0.1, 0.15) is 11.6 Å². The van der Waals surface area contributed by atoms with E-state index in [2.05, 4.69) is 15.4 Å². The number of benzene rings is 1. The molecule has 2 saturated heterocycles. The van der Waals surface area contributed by atoms with Gasteiger partial charge < -0.3 is 25.0 Å². The van der Waals surface area contributed by atoms with Crippen molar-refractivity contribution in [3.05, 3.63) is 29.0 Å². The van der Waals surface area contributed by atoms with Crippen LogP contribution in [-0.2, 0) is 19.1 Å². The van der Waals surface area contributed by atoms with Gasteiger partial charge in [0.05, 0.1) is 39.9 Å². The summed E-state index contributed by atoms with van der Waals surface area (Å²) in [5.74, 6) is -0.915. The standard InChI is InChI=1S/C20H24ClF4N3O5Si/c21-14-2-1-12(7-15(14)22)32-11-17(29)27-18-8-26-16(3-6-34-18)19(30)28-9-13(10-28)31-4-5-33-20(23,24)25/h1-2,7,13,16,18,26H,3-6,8-11H2,(H,27,29)/t16-,18+/m1/s1. The van der Waals surface area contributed by atoms with Crippen LogP contribution >= 0.6 is 11.6 Å². The molecule has 0 aromatic heterocycles. The lowest BCUT2D eigenvalue weighted by atomic mass is 10.1. The van der Waals surface area contributed by atoms with E-state index < -0.39 is 24.8 Å². The summed E-state index contributed by atoms with van der Waals surface area (Å²) in [6.07, 6.45) is -4.39. The second-order valence-electron chi connectivity index (χ2n) is 7.72. The van der Waals surface area contributed by atoms with Crippen molar-refractivity contribution in [2.75, 3.05) is 39.5 Å². The number of alkyl halides is 3. The molecule has 1 aromatic rings. The Balaban J connectivity index is 1.32. The van der Waals surface area contributed by atoms with E-state index in [0.717, 1.165) is 12.1 Å². The van der Waals surface area contributed by atoms with Crippen LogP contribution in [0.3, 0.4) is 0 Å². The minimum Gasteiger partial charge on any atom is -0.484 e. The summed E-state index contributed by atoms with van der Waals surface area (Å²) in [6.45, 7) is -0.0463. The fourth-order valence-electron chi connectivity index (χ4n) is 3.42. The van der Waals surface area contributed by atoms with E-state index in [1.807, 2.05) is 0 Å². The first kappa shape index (κ1) is 26.7. The van der Waals surface area contributed by atoms with Gasteiger partial charge in [0.25, 0.3) is 5.91 Å². The molecule has 2 N–H and O–H groups in total. The van der Waals surface area contributed by atoms with Crippen LogP contribution in [0.15, 0.2) is 18.2 Å². The first-order chi connectivity index (χ1) is 16.1. The molecule has 14 heteroatoms.